The van der Waals surface area contributed by atoms with Gasteiger partial charge in [0.25, 0.3) is 0 Å². The summed E-state index contributed by atoms with van der Waals surface area (Å²) in [7, 11) is 0. The fourth-order valence-electron chi connectivity index (χ4n) is 1.70. The van der Waals surface area contributed by atoms with Gasteiger partial charge < -0.3 is 15.4 Å². The molecule has 0 atom stereocenters. The summed E-state index contributed by atoms with van der Waals surface area (Å²) in [5.41, 5.74) is 2.29. The van der Waals surface area contributed by atoms with Crippen molar-refractivity contribution in [1.29, 1.82) is 0 Å². The zero-order valence-electron chi connectivity index (χ0n) is 12.1. The molecule has 0 aliphatic heterocycles. The molecule has 0 bridgehead atoms. The third kappa shape index (κ3) is 5.64. The molecule has 1 aromatic carbocycles. The van der Waals surface area contributed by atoms with Gasteiger partial charge in [-0.25, -0.2) is 4.79 Å². The highest BCUT2D eigenvalue weighted by Crippen LogP contribution is 2.19. The van der Waals surface area contributed by atoms with E-state index in [4.69, 9.17) is 4.74 Å². The van der Waals surface area contributed by atoms with Gasteiger partial charge in [-0.05, 0) is 37.5 Å². The molecule has 0 aliphatic carbocycles. The SMILES string of the molecule is CCCCCNC(=O)NCOc1cccc(C)c1C. The molecular weight excluding hydrogens is 240 g/mol. The lowest BCUT2D eigenvalue weighted by Gasteiger charge is -2.12. The fraction of sp³-hybridized carbons (Fsp3) is 0.533. The molecule has 106 valence electrons. The van der Waals surface area contributed by atoms with Crippen molar-refractivity contribution >= 4 is 6.03 Å². The number of unbranched alkanes of at least 4 members (excludes halogenated alkanes) is 2. The number of rotatable bonds is 7. The van der Waals surface area contributed by atoms with E-state index in [1.165, 1.54) is 5.56 Å². The van der Waals surface area contributed by atoms with Gasteiger partial charge in [0, 0.05) is 6.54 Å². The van der Waals surface area contributed by atoms with Crippen LogP contribution in [0.2, 0.25) is 0 Å². The number of carbonyl (C=O) groups excluding carboxylic acids is 1. The number of nitrogens with one attached hydrogen (secondary N) is 2. The maximum Gasteiger partial charge on any atom is 0.317 e. The number of amides is 2. The van der Waals surface area contributed by atoms with Crippen LogP contribution in [0.4, 0.5) is 4.79 Å². The largest absolute Gasteiger partial charge is 0.473 e. The molecule has 0 spiro atoms. The van der Waals surface area contributed by atoms with Gasteiger partial charge in [0.15, 0.2) is 6.73 Å². The van der Waals surface area contributed by atoms with E-state index >= 15 is 0 Å². The summed E-state index contributed by atoms with van der Waals surface area (Å²) in [5.74, 6) is 0.811. The highest BCUT2D eigenvalue weighted by Gasteiger charge is 2.02. The Bertz CT molecular complexity index is 405. The van der Waals surface area contributed by atoms with E-state index in [2.05, 4.69) is 17.6 Å². The van der Waals surface area contributed by atoms with Crippen LogP contribution in [-0.2, 0) is 0 Å². The van der Waals surface area contributed by atoms with Gasteiger partial charge in [0.2, 0.25) is 0 Å². The first-order chi connectivity index (χ1) is 9.15. The number of urea groups is 1. The minimum Gasteiger partial charge on any atom is -0.473 e. The van der Waals surface area contributed by atoms with Crippen LogP contribution in [0.15, 0.2) is 18.2 Å². The Kier molecular flexibility index (Phi) is 6.79. The summed E-state index contributed by atoms with van der Waals surface area (Å²) >= 11 is 0. The van der Waals surface area contributed by atoms with E-state index in [0.717, 1.165) is 30.6 Å². The Hall–Kier alpha value is -1.71. The smallest absolute Gasteiger partial charge is 0.317 e. The molecule has 0 radical (unpaired) electrons. The molecule has 2 amide bonds. The van der Waals surface area contributed by atoms with Gasteiger partial charge in [-0.1, -0.05) is 31.9 Å². The molecule has 4 nitrogen and oxygen atoms in total. The molecule has 4 heteroatoms. The van der Waals surface area contributed by atoms with Crippen LogP contribution < -0.4 is 15.4 Å². The summed E-state index contributed by atoms with van der Waals surface area (Å²) < 4.78 is 5.54. The molecule has 0 saturated carbocycles. The van der Waals surface area contributed by atoms with Crippen LogP contribution in [0, 0.1) is 13.8 Å². The zero-order chi connectivity index (χ0) is 14.1. The minimum atomic E-state index is -0.179. The van der Waals surface area contributed by atoms with Crippen molar-refractivity contribution in [1.82, 2.24) is 10.6 Å². The first-order valence-electron chi connectivity index (χ1n) is 6.86. The third-order valence-electron chi connectivity index (χ3n) is 3.08. The van der Waals surface area contributed by atoms with Crippen molar-refractivity contribution in [3.63, 3.8) is 0 Å². The van der Waals surface area contributed by atoms with Gasteiger partial charge in [-0.2, -0.15) is 0 Å². The quantitative estimate of drug-likeness (QED) is 0.587. The highest BCUT2D eigenvalue weighted by atomic mass is 16.5. The Labute approximate surface area is 115 Å². The average Bonchev–Trinajstić information content (AvgIpc) is 2.40. The first kappa shape index (κ1) is 15.3. The maximum absolute atomic E-state index is 11.4. The Balaban J connectivity index is 2.23. The molecular formula is C15H24N2O2. The number of hydrogen-bond acceptors (Lipinski definition) is 2. The number of aryl methyl sites for hydroxylation is 1. The fourth-order valence-corrected chi connectivity index (χ4v) is 1.70. The summed E-state index contributed by atoms with van der Waals surface area (Å²) in [6, 6.07) is 5.71. The Morgan fingerprint density at radius 2 is 2.00 bits per heavy atom. The van der Waals surface area contributed by atoms with Crippen molar-refractivity contribution in [3.8, 4) is 5.75 Å². The lowest BCUT2D eigenvalue weighted by atomic mass is 10.1. The number of benzene rings is 1. The van der Waals surface area contributed by atoms with Crippen molar-refractivity contribution in [3.05, 3.63) is 29.3 Å². The van der Waals surface area contributed by atoms with Gasteiger partial charge >= 0.3 is 6.03 Å². The molecule has 0 saturated heterocycles. The maximum atomic E-state index is 11.4. The van der Waals surface area contributed by atoms with Gasteiger partial charge in [-0.15, -0.1) is 0 Å². The van der Waals surface area contributed by atoms with Crippen molar-refractivity contribution in [2.75, 3.05) is 13.3 Å². The van der Waals surface area contributed by atoms with Crippen molar-refractivity contribution < 1.29 is 9.53 Å². The Morgan fingerprint density at radius 3 is 2.74 bits per heavy atom. The standard InChI is InChI=1S/C15H24N2O2/c1-4-5-6-10-16-15(18)17-11-19-14-9-7-8-12(2)13(14)3/h7-9H,4-6,10-11H2,1-3H3,(H2,16,17,18). The molecule has 19 heavy (non-hydrogen) atoms. The normalized spacial score (nSPS) is 10.1. The molecule has 0 aliphatic rings. The van der Waals surface area contributed by atoms with E-state index in [-0.39, 0.29) is 12.8 Å². The van der Waals surface area contributed by atoms with Crippen LogP contribution >= 0.6 is 0 Å². The molecule has 2 N–H and O–H groups in total. The summed E-state index contributed by atoms with van der Waals surface area (Å²) in [6.45, 7) is 7.08. The molecule has 0 aromatic heterocycles. The second kappa shape index (κ2) is 8.40. The monoisotopic (exact) mass is 264 g/mol. The first-order valence-corrected chi connectivity index (χ1v) is 6.86. The Morgan fingerprint density at radius 1 is 1.21 bits per heavy atom. The van der Waals surface area contributed by atoms with E-state index in [1.54, 1.807) is 0 Å². The summed E-state index contributed by atoms with van der Waals surface area (Å²) in [6.07, 6.45) is 3.31. The predicted octanol–water partition coefficient (Wildman–Crippen LogP) is 3.13. The van der Waals surface area contributed by atoms with Gasteiger partial charge in [0.1, 0.15) is 5.75 Å². The van der Waals surface area contributed by atoms with Crippen molar-refractivity contribution in [2.45, 2.75) is 40.0 Å². The van der Waals surface area contributed by atoms with Crippen molar-refractivity contribution in [2.24, 2.45) is 0 Å². The van der Waals surface area contributed by atoms with Gasteiger partial charge in [0.05, 0.1) is 0 Å². The topological polar surface area (TPSA) is 50.4 Å². The van der Waals surface area contributed by atoms with Crippen LogP contribution in [0.25, 0.3) is 0 Å². The molecule has 1 aromatic rings. The summed E-state index contributed by atoms with van der Waals surface area (Å²) in [5, 5.41) is 5.48. The molecule has 0 unspecified atom stereocenters. The van der Waals surface area contributed by atoms with E-state index in [1.807, 2.05) is 32.0 Å². The lowest BCUT2D eigenvalue weighted by molar-refractivity contribution is 0.223. The van der Waals surface area contributed by atoms with E-state index in [0.29, 0.717) is 6.54 Å². The summed E-state index contributed by atoms with van der Waals surface area (Å²) in [4.78, 5) is 11.4. The zero-order valence-corrected chi connectivity index (χ0v) is 12.1. The molecule has 0 heterocycles. The highest BCUT2D eigenvalue weighted by molar-refractivity contribution is 5.73. The minimum absolute atomic E-state index is 0.179. The third-order valence-corrected chi connectivity index (χ3v) is 3.08. The molecule has 1 rings (SSSR count). The average molecular weight is 264 g/mol. The van der Waals surface area contributed by atoms with E-state index in [9.17, 15) is 4.79 Å². The van der Waals surface area contributed by atoms with E-state index < -0.39 is 0 Å². The predicted molar refractivity (Wildman–Crippen MR) is 77.5 cm³/mol. The number of ether oxygens (including phenoxy) is 1. The van der Waals surface area contributed by atoms with Crippen LogP contribution in [0.1, 0.15) is 37.3 Å². The van der Waals surface area contributed by atoms with Crippen LogP contribution in [-0.4, -0.2) is 19.3 Å². The van der Waals surface area contributed by atoms with Crippen LogP contribution in [0.5, 0.6) is 5.75 Å². The number of hydrogen-bond donors (Lipinski definition) is 2. The second-order valence-corrected chi connectivity index (χ2v) is 4.63. The van der Waals surface area contributed by atoms with Gasteiger partial charge in [-0.3, -0.25) is 0 Å². The van der Waals surface area contributed by atoms with Crippen LogP contribution in [0.3, 0.4) is 0 Å². The lowest BCUT2D eigenvalue weighted by Crippen LogP contribution is -2.38. The molecule has 0 fully saturated rings. The second-order valence-electron chi connectivity index (χ2n) is 4.63. The number of carbonyl (C=O) groups is 1.